The van der Waals surface area contributed by atoms with Gasteiger partial charge in [0.2, 0.25) is 5.95 Å². The van der Waals surface area contributed by atoms with E-state index in [-0.39, 0.29) is 5.91 Å². The fraction of sp³-hybridized carbons (Fsp3) is 0.100. The first-order valence-electron chi connectivity index (χ1n) is 8.04. The maximum atomic E-state index is 12.3. The minimum Gasteiger partial charge on any atom is -0.324 e. The molecule has 2 aromatic carbocycles. The highest BCUT2D eigenvalue weighted by atomic mass is 16.1. The number of amides is 1. The van der Waals surface area contributed by atoms with Crippen LogP contribution in [0.4, 0.5) is 17.3 Å². The lowest BCUT2D eigenvalue weighted by Crippen LogP contribution is -2.11. The van der Waals surface area contributed by atoms with Crippen LogP contribution in [0.2, 0.25) is 0 Å². The molecule has 0 aliphatic rings. The molecular formula is C20H17N5O. The van der Waals surface area contributed by atoms with Crippen molar-refractivity contribution in [3.05, 3.63) is 77.1 Å². The molecule has 26 heavy (non-hydrogen) atoms. The van der Waals surface area contributed by atoms with Crippen LogP contribution in [0.5, 0.6) is 0 Å². The monoisotopic (exact) mass is 343 g/mol. The van der Waals surface area contributed by atoms with E-state index in [1.165, 1.54) is 0 Å². The number of nitrogens with one attached hydrogen (secondary N) is 2. The average Bonchev–Trinajstić information content (AvgIpc) is 2.61. The Bertz CT molecular complexity index is 970. The molecule has 6 nitrogen and oxygen atoms in total. The highest BCUT2D eigenvalue weighted by Crippen LogP contribution is 2.16. The SMILES string of the molecule is Cc1cc(C)nc(Nc2ccc(C(=O)Nc3cccc(C#N)c3)cc2)n1. The van der Waals surface area contributed by atoms with Crippen LogP contribution in [0.15, 0.2) is 54.6 Å². The quantitative estimate of drug-likeness (QED) is 0.748. The van der Waals surface area contributed by atoms with Crippen LogP contribution in [-0.2, 0) is 0 Å². The summed E-state index contributed by atoms with van der Waals surface area (Å²) in [5, 5.41) is 14.8. The Morgan fingerprint density at radius 3 is 2.31 bits per heavy atom. The van der Waals surface area contributed by atoms with Crippen LogP contribution in [0.25, 0.3) is 0 Å². The van der Waals surface area contributed by atoms with E-state index in [0.717, 1.165) is 17.1 Å². The number of carbonyl (C=O) groups is 1. The number of aromatic nitrogens is 2. The molecule has 1 amide bonds. The number of hydrogen-bond acceptors (Lipinski definition) is 5. The molecule has 0 saturated heterocycles. The summed E-state index contributed by atoms with van der Waals surface area (Å²) in [5.74, 6) is 0.280. The second-order valence-electron chi connectivity index (χ2n) is 5.82. The van der Waals surface area contributed by atoms with Crippen LogP contribution >= 0.6 is 0 Å². The molecule has 0 aliphatic carbocycles. The third-order valence-electron chi connectivity index (χ3n) is 3.64. The summed E-state index contributed by atoms with van der Waals surface area (Å²) in [6.07, 6.45) is 0. The van der Waals surface area contributed by atoms with Gasteiger partial charge in [-0.15, -0.1) is 0 Å². The molecule has 0 spiro atoms. The summed E-state index contributed by atoms with van der Waals surface area (Å²) in [6, 6.07) is 17.8. The second kappa shape index (κ2) is 7.45. The maximum absolute atomic E-state index is 12.3. The summed E-state index contributed by atoms with van der Waals surface area (Å²) >= 11 is 0. The summed E-state index contributed by atoms with van der Waals surface area (Å²) in [6.45, 7) is 3.82. The first kappa shape index (κ1) is 17.1. The number of nitriles is 1. The van der Waals surface area contributed by atoms with Gasteiger partial charge in [0.1, 0.15) is 0 Å². The van der Waals surface area contributed by atoms with Gasteiger partial charge in [0.25, 0.3) is 5.91 Å². The number of rotatable bonds is 4. The fourth-order valence-corrected chi connectivity index (χ4v) is 2.49. The van der Waals surface area contributed by atoms with Crippen molar-refractivity contribution in [3.63, 3.8) is 0 Å². The number of carbonyl (C=O) groups excluding carboxylic acids is 1. The lowest BCUT2D eigenvalue weighted by atomic mass is 10.1. The Morgan fingerprint density at radius 1 is 0.962 bits per heavy atom. The molecule has 0 bridgehead atoms. The van der Waals surface area contributed by atoms with Gasteiger partial charge in [-0.05, 0) is 62.4 Å². The van der Waals surface area contributed by atoms with Crippen molar-refractivity contribution in [2.24, 2.45) is 0 Å². The topological polar surface area (TPSA) is 90.7 Å². The molecule has 128 valence electrons. The number of benzene rings is 2. The van der Waals surface area contributed by atoms with E-state index in [9.17, 15) is 4.79 Å². The van der Waals surface area contributed by atoms with E-state index in [1.54, 1.807) is 48.5 Å². The molecule has 0 unspecified atom stereocenters. The lowest BCUT2D eigenvalue weighted by Gasteiger charge is -2.08. The van der Waals surface area contributed by atoms with Gasteiger partial charge in [0.05, 0.1) is 11.6 Å². The van der Waals surface area contributed by atoms with E-state index in [1.807, 2.05) is 26.0 Å². The molecule has 3 aromatic rings. The smallest absolute Gasteiger partial charge is 0.255 e. The molecule has 6 heteroatoms. The van der Waals surface area contributed by atoms with E-state index in [0.29, 0.717) is 22.8 Å². The third kappa shape index (κ3) is 4.22. The van der Waals surface area contributed by atoms with E-state index < -0.39 is 0 Å². The van der Waals surface area contributed by atoms with Crippen molar-refractivity contribution in [3.8, 4) is 6.07 Å². The van der Waals surface area contributed by atoms with Crippen LogP contribution in [0.3, 0.4) is 0 Å². The largest absolute Gasteiger partial charge is 0.324 e. The first-order chi connectivity index (χ1) is 12.5. The predicted molar refractivity (Wildman–Crippen MR) is 100 cm³/mol. The maximum Gasteiger partial charge on any atom is 0.255 e. The summed E-state index contributed by atoms with van der Waals surface area (Å²) < 4.78 is 0. The molecule has 0 radical (unpaired) electrons. The van der Waals surface area contributed by atoms with Gasteiger partial charge in [-0.25, -0.2) is 9.97 Å². The average molecular weight is 343 g/mol. The number of aryl methyl sites for hydroxylation is 2. The van der Waals surface area contributed by atoms with Crippen molar-refractivity contribution < 1.29 is 4.79 Å². The number of hydrogen-bond donors (Lipinski definition) is 2. The van der Waals surface area contributed by atoms with Crippen LogP contribution < -0.4 is 10.6 Å². The van der Waals surface area contributed by atoms with Crippen molar-refractivity contribution in [1.29, 1.82) is 5.26 Å². The Morgan fingerprint density at radius 2 is 1.65 bits per heavy atom. The molecule has 1 heterocycles. The Kier molecular flexibility index (Phi) is 4.90. The van der Waals surface area contributed by atoms with Gasteiger partial charge >= 0.3 is 0 Å². The van der Waals surface area contributed by atoms with Gasteiger partial charge in [-0.1, -0.05) is 6.07 Å². The van der Waals surface area contributed by atoms with Gasteiger partial charge < -0.3 is 10.6 Å². The van der Waals surface area contributed by atoms with Gasteiger partial charge in [0.15, 0.2) is 0 Å². The Balaban J connectivity index is 1.70. The molecule has 0 saturated carbocycles. The minimum absolute atomic E-state index is 0.241. The van der Waals surface area contributed by atoms with Crippen molar-refractivity contribution in [1.82, 2.24) is 9.97 Å². The van der Waals surface area contributed by atoms with Gasteiger partial charge in [-0.2, -0.15) is 5.26 Å². The van der Waals surface area contributed by atoms with E-state index in [2.05, 4.69) is 20.6 Å². The highest BCUT2D eigenvalue weighted by molar-refractivity contribution is 6.04. The molecule has 3 rings (SSSR count). The van der Waals surface area contributed by atoms with Crippen molar-refractivity contribution >= 4 is 23.2 Å². The predicted octanol–water partition coefficient (Wildman–Crippen LogP) is 3.96. The third-order valence-corrected chi connectivity index (χ3v) is 3.64. The zero-order valence-corrected chi connectivity index (χ0v) is 14.4. The molecule has 0 atom stereocenters. The Hall–Kier alpha value is -3.72. The fourth-order valence-electron chi connectivity index (χ4n) is 2.49. The molecule has 0 fully saturated rings. The summed E-state index contributed by atoms with van der Waals surface area (Å²) in [7, 11) is 0. The number of nitrogens with zero attached hydrogens (tertiary/aromatic N) is 3. The number of anilines is 3. The first-order valence-corrected chi connectivity index (χ1v) is 8.04. The zero-order valence-electron chi connectivity index (χ0n) is 14.4. The highest BCUT2D eigenvalue weighted by Gasteiger charge is 2.07. The van der Waals surface area contributed by atoms with Crippen molar-refractivity contribution in [2.45, 2.75) is 13.8 Å². The molecular weight excluding hydrogens is 326 g/mol. The Labute approximate surface area is 151 Å². The van der Waals surface area contributed by atoms with Crippen LogP contribution in [0, 0.1) is 25.2 Å². The van der Waals surface area contributed by atoms with Crippen molar-refractivity contribution in [2.75, 3.05) is 10.6 Å². The molecule has 1 aromatic heterocycles. The van der Waals surface area contributed by atoms with Crippen LogP contribution in [0.1, 0.15) is 27.3 Å². The summed E-state index contributed by atoms with van der Waals surface area (Å²) in [5.41, 5.74) is 4.15. The molecule has 2 N–H and O–H groups in total. The second-order valence-corrected chi connectivity index (χ2v) is 5.82. The molecule has 0 aliphatic heterocycles. The van der Waals surface area contributed by atoms with Gasteiger partial charge in [0, 0.05) is 28.3 Å². The van der Waals surface area contributed by atoms with E-state index >= 15 is 0 Å². The standard InChI is InChI=1S/C20H17N5O/c1-13-10-14(2)23-20(22-13)25-17-8-6-16(7-9-17)19(26)24-18-5-3-4-15(11-18)12-21/h3-11H,1-2H3,(H,24,26)(H,22,23,25). The summed E-state index contributed by atoms with van der Waals surface area (Å²) in [4.78, 5) is 21.0. The van der Waals surface area contributed by atoms with Crippen LogP contribution in [-0.4, -0.2) is 15.9 Å². The normalized spacial score (nSPS) is 10.0. The van der Waals surface area contributed by atoms with Gasteiger partial charge in [-0.3, -0.25) is 4.79 Å². The zero-order chi connectivity index (χ0) is 18.5. The minimum atomic E-state index is -0.241. The lowest BCUT2D eigenvalue weighted by molar-refractivity contribution is 0.102. The van der Waals surface area contributed by atoms with E-state index in [4.69, 9.17) is 5.26 Å².